The second-order valence-corrected chi connectivity index (χ2v) is 21.6. The lowest BCUT2D eigenvalue weighted by atomic mass is 9.68. The van der Waals surface area contributed by atoms with Gasteiger partial charge >= 0.3 is 23.9 Å². The van der Waals surface area contributed by atoms with Gasteiger partial charge in [0.05, 0.1) is 46.4 Å². The Labute approximate surface area is 374 Å². The maximum absolute atomic E-state index is 13.8. The molecule has 1 aliphatic heterocycles. The number of fused-ring (bicyclic) bond motifs is 1. The molecule has 2 unspecified atom stereocenters. The van der Waals surface area contributed by atoms with Crippen molar-refractivity contribution in [2.24, 2.45) is 47.3 Å². The highest BCUT2D eigenvalue weighted by Gasteiger charge is 2.46. The molecule has 338 valence electrons. The molecule has 5 fully saturated rings. The molecule has 61 heavy (non-hydrogen) atoms. The van der Waals surface area contributed by atoms with Gasteiger partial charge in [-0.15, -0.1) is 23.5 Å². The molecule has 0 radical (unpaired) electrons. The van der Waals surface area contributed by atoms with Gasteiger partial charge in [-0.05, 0) is 138 Å². The van der Waals surface area contributed by atoms with Crippen LogP contribution >= 0.6 is 23.5 Å². The zero-order chi connectivity index (χ0) is 43.1. The van der Waals surface area contributed by atoms with Crippen molar-refractivity contribution in [1.82, 2.24) is 0 Å². The molecular formula is C50H73NO8S2. The third-order valence-electron chi connectivity index (χ3n) is 15.0. The zero-order valence-corrected chi connectivity index (χ0v) is 39.0. The number of ether oxygens (including phenoxy) is 4. The van der Waals surface area contributed by atoms with E-state index < -0.39 is 16.5 Å². The van der Waals surface area contributed by atoms with Crippen LogP contribution in [-0.4, -0.2) is 47.6 Å². The molecule has 0 amide bonds. The summed E-state index contributed by atoms with van der Waals surface area (Å²) in [5.41, 5.74) is -0.129. The van der Waals surface area contributed by atoms with Crippen LogP contribution in [0.2, 0.25) is 0 Å². The van der Waals surface area contributed by atoms with E-state index in [1.54, 1.807) is 12.2 Å². The van der Waals surface area contributed by atoms with Gasteiger partial charge in [0.2, 0.25) is 0 Å². The number of thioether (sulfide) groups is 2. The van der Waals surface area contributed by atoms with E-state index in [1.807, 2.05) is 0 Å². The van der Waals surface area contributed by atoms with Crippen molar-refractivity contribution in [3.63, 3.8) is 0 Å². The Bertz CT molecular complexity index is 1530. The van der Waals surface area contributed by atoms with Gasteiger partial charge in [0.1, 0.15) is 11.5 Å². The van der Waals surface area contributed by atoms with E-state index in [1.165, 1.54) is 120 Å². The van der Waals surface area contributed by atoms with E-state index in [4.69, 9.17) is 25.5 Å². The summed E-state index contributed by atoms with van der Waals surface area (Å²) in [4.78, 5) is 55.5. The quantitative estimate of drug-likeness (QED) is 0.0434. The lowest BCUT2D eigenvalue weighted by molar-refractivity contribution is -0.147. The van der Waals surface area contributed by atoms with Crippen LogP contribution in [0.3, 0.4) is 0 Å². The van der Waals surface area contributed by atoms with Crippen molar-refractivity contribution < 1.29 is 38.1 Å². The van der Waals surface area contributed by atoms with Crippen molar-refractivity contribution >= 4 is 47.4 Å². The van der Waals surface area contributed by atoms with Crippen LogP contribution in [0.5, 0.6) is 0 Å². The first-order valence-electron chi connectivity index (χ1n) is 24.3. The van der Waals surface area contributed by atoms with E-state index >= 15 is 0 Å². The fraction of sp³-hybridized carbons (Fsp3) is 0.780. The molecule has 2 atom stereocenters. The molecule has 0 bridgehead atoms. The number of carbonyl (C=O) groups is 4. The lowest BCUT2D eigenvalue weighted by Gasteiger charge is -2.37. The van der Waals surface area contributed by atoms with Gasteiger partial charge in [-0.3, -0.25) is 19.2 Å². The predicted octanol–water partition coefficient (Wildman–Crippen LogP) is 12.7. The second-order valence-electron chi connectivity index (χ2n) is 19.1. The highest BCUT2D eigenvalue weighted by Crippen LogP contribution is 2.56. The molecule has 0 aromatic heterocycles. The summed E-state index contributed by atoms with van der Waals surface area (Å²) in [5.74, 6) is 3.85. The number of hydrogen-bond acceptors (Lipinski definition) is 10. The molecule has 5 aliphatic carbocycles. The highest BCUT2D eigenvalue weighted by atomic mass is 32.2. The monoisotopic (exact) mass is 879 g/mol. The van der Waals surface area contributed by atoms with Crippen molar-refractivity contribution in [3.05, 3.63) is 45.0 Å². The largest absolute Gasteiger partial charge is 0.471 e. The summed E-state index contributed by atoms with van der Waals surface area (Å²) in [6, 6.07) is 0. The Morgan fingerprint density at radius 1 is 0.590 bits per heavy atom. The minimum absolute atomic E-state index is 0.0884. The van der Waals surface area contributed by atoms with Crippen LogP contribution in [0.15, 0.2) is 33.6 Å². The SMILES string of the molecule is [C-]#[N+]C(C(=O)OCCCCOC(C)=O)=C1SC2C(OC(=O)C3CCC(C4CCC(CCCC)CC4)CC3)=CC=C(OC(=O)C3CCC(C4CCC(CCCC)CC4)CC3)C2S1. The standard InChI is InChI=1S/C50H73NO8S2/c1-5-7-11-34-13-17-36(18-14-34)38-21-25-40(26-22-38)47(53)58-42-29-30-43(46-45(42)60-50(61-46)44(51-4)49(55)57-32-10-9-31-56-33(3)52)59-48(54)41-27-23-39(24-28-41)37-19-15-35(16-20-37)12-8-6-2/h29-30,34-41,45-46H,5-28,31-32H2,1-3H3. The fourth-order valence-corrected chi connectivity index (χ4v) is 14.3. The third kappa shape index (κ3) is 13.6. The Morgan fingerprint density at radius 3 is 1.36 bits per heavy atom. The average Bonchev–Trinajstić information content (AvgIpc) is 3.73. The molecular weight excluding hydrogens is 807 g/mol. The number of hydrogen-bond donors (Lipinski definition) is 0. The van der Waals surface area contributed by atoms with Crippen LogP contribution in [0.25, 0.3) is 4.85 Å². The fourth-order valence-electron chi connectivity index (χ4n) is 11.2. The topological polar surface area (TPSA) is 110 Å². The first kappa shape index (κ1) is 47.8. The van der Waals surface area contributed by atoms with Crippen LogP contribution in [0.1, 0.15) is 175 Å². The molecule has 9 nitrogen and oxygen atoms in total. The van der Waals surface area contributed by atoms with Gasteiger partial charge in [0.15, 0.2) is 0 Å². The van der Waals surface area contributed by atoms with E-state index in [0.29, 0.717) is 40.4 Å². The van der Waals surface area contributed by atoms with Gasteiger partial charge < -0.3 is 18.9 Å². The molecule has 0 aromatic rings. The molecule has 0 spiro atoms. The third-order valence-corrected chi connectivity index (χ3v) is 18.1. The van der Waals surface area contributed by atoms with Crippen molar-refractivity contribution in [2.45, 2.75) is 185 Å². The maximum atomic E-state index is 13.8. The lowest BCUT2D eigenvalue weighted by Crippen LogP contribution is -2.33. The Hall–Kier alpha value is -2.71. The molecule has 1 heterocycles. The Kier molecular flexibility index (Phi) is 19.1. The van der Waals surface area contributed by atoms with Crippen LogP contribution in [0.4, 0.5) is 0 Å². The first-order valence-corrected chi connectivity index (χ1v) is 26.0. The first-order chi connectivity index (χ1) is 29.7. The maximum Gasteiger partial charge on any atom is 0.338 e. The minimum Gasteiger partial charge on any atom is -0.471 e. The summed E-state index contributed by atoms with van der Waals surface area (Å²) in [6.07, 6.45) is 30.8. The number of carbonyl (C=O) groups excluding carboxylic acids is 4. The molecule has 0 aromatic carbocycles. The Balaban J connectivity index is 1.06. The summed E-state index contributed by atoms with van der Waals surface area (Å²) in [6.45, 7) is 14.2. The van der Waals surface area contributed by atoms with Gasteiger partial charge in [-0.25, -0.2) is 4.85 Å². The average molecular weight is 880 g/mol. The number of nitrogens with zero attached hydrogens (tertiary/aromatic N) is 1. The van der Waals surface area contributed by atoms with E-state index in [9.17, 15) is 19.2 Å². The smallest absolute Gasteiger partial charge is 0.338 e. The van der Waals surface area contributed by atoms with E-state index in [0.717, 1.165) is 75.0 Å². The highest BCUT2D eigenvalue weighted by molar-refractivity contribution is 8.26. The van der Waals surface area contributed by atoms with Crippen LogP contribution in [0, 0.1) is 53.9 Å². The molecule has 4 saturated carbocycles. The molecule has 6 rings (SSSR count). The van der Waals surface area contributed by atoms with E-state index in [-0.39, 0.29) is 48.7 Å². The summed E-state index contributed by atoms with van der Waals surface area (Å²) < 4.78 is 23.4. The molecule has 11 heteroatoms. The molecule has 0 N–H and O–H groups in total. The number of rotatable bonds is 18. The number of allylic oxidation sites excluding steroid dienone is 2. The summed E-state index contributed by atoms with van der Waals surface area (Å²) in [7, 11) is 0. The summed E-state index contributed by atoms with van der Waals surface area (Å²) in [5, 5.41) is -0.903. The minimum atomic E-state index is -0.724. The summed E-state index contributed by atoms with van der Waals surface area (Å²) >= 11 is 2.61. The normalized spacial score (nSPS) is 31.4. The van der Waals surface area contributed by atoms with Gasteiger partial charge in [0, 0.05) is 6.92 Å². The Morgan fingerprint density at radius 2 is 0.984 bits per heavy atom. The molecule has 1 saturated heterocycles. The van der Waals surface area contributed by atoms with E-state index in [2.05, 4.69) is 18.7 Å². The molecule has 6 aliphatic rings. The van der Waals surface area contributed by atoms with Crippen molar-refractivity contribution in [3.8, 4) is 0 Å². The van der Waals surface area contributed by atoms with Gasteiger partial charge in [0.25, 0.3) is 5.70 Å². The second kappa shape index (κ2) is 24.4. The van der Waals surface area contributed by atoms with Gasteiger partial charge in [-0.2, -0.15) is 0 Å². The predicted molar refractivity (Wildman–Crippen MR) is 242 cm³/mol. The van der Waals surface area contributed by atoms with Crippen LogP contribution in [-0.2, 0) is 38.1 Å². The van der Waals surface area contributed by atoms with Crippen molar-refractivity contribution in [2.75, 3.05) is 13.2 Å². The van der Waals surface area contributed by atoms with Crippen LogP contribution < -0.4 is 0 Å². The zero-order valence-electron chi connectivity index (χ0n) is 37.3. The number of unbranched alkanes of at least 4 members (excludes halogenated alkanes) is 3. The van der Waals surface area contributed by atoms with Gasteiger partial charge in [-0.1, -0.05) is 78.1 Å². The number of esters is 4. The van der Waals surface area contributed by atoms with Crippen molar-refractivity contribution in [1.29, 1.82) is 0 Å².